The Balaban J connectivity index is 2.32. The van der Waals surface area contributed by atoms with Crippen molar-refractivity contribution in [2.75, 3.05) is 0 Å². The van der Waals surface area contributed by atoms with Crippen LogP contribution in [0.4, 0.5) is 0 Å². The summed E-state index contributed by atoms with van der Waals surface area (Å²) in [6, 6.07) is 9.94. The van der Waals surface area contributed by atoms with Crippen molar-refractivity contribution in [3.63, 3.8) is 0 Å². The van der Waals surface area contributed by atoms with E-state index < -0.39 is 0 Å². The summed E-state index contributed by atoms with van der Waals surface area (Å²) in [6.07, 6.45) is 0. The van der Waals surface area contributed by atoms with Crippen LogP contribution in [0.2, 0.25) is 0 Å². The van der Waals surface area contributed by atoms with Gasteiger partial charge in [0.1, 0.15) is 0 Å². The second kappa shape index (κ2) is 5.13. The van der Waals surface area contributed by atoms with Gasteiger partial charge >= 0.3 is 0 Å². The fourth-order valence-corrected chi connectivity index (χ4v) is 1.89. The van der Waals surface area contributed by atoms with Crippen LogP contribution in [0.1, 0.15) is 51.0 Å². The minimum Gasteiger partial charge on any atom is -0.338 e. The summed E-state index contributed by atoms with van der Waals surface area (Å²) in [5.41, 5.74) is 6.90. The molecule has 0 aliphatic rings. The monoisotopic (exact) mass is 259 g/mol. The smallest absolute Gasteiger partial charge is 0.243 e. The molecule has 0 aliphatic heterocycles. The van der Waals surface area contributed by atoms with E-state index in [9.17, 15) is 0 Å². The molecule has 2 aromatic rings. The van der Waals surface area contributed by atoms with Gasteiger partial charge in [0.2, 0.25) is 5.89 Å². The van der Waals surface area contributed by atoms with Crippen LogP contribution in [-0.4, -0.2) is 10.1 Å². The first-order valence-electron chi connectivity index (χ1n) is 6.58. The van der Waals surface area contributed by atoms with Gasteiger partial charge in [0.15, 0.2) is 5.82 Å². The quantitative estimate of drug-likeness (QED) is 0.916. The number of hydrogen-bond donors (Lipinski definition) is 1. The van der Waals surface area contributed by atoms with Crippen molar-refractivity contribution in [2.24, 2.45) is 11.7 Å². The lowest BCUT2D eigenvalue weighted by Crippen LogP contribution is -2.22. The van der Waals surface area contributed by atoms with Crippen LogP contribution in [0.15, 0.2) is 34.9 Å². The van der Waals surface area contributed by atoms with Crippen molar-refractivity contribution in [3.05, 3.63) is 47.6 Å². The number of nitrogens with two attached hydrogens (primary N) is 1. The molecule has 0 radical (unpaired) electrons. The van der Waals surface area contributed by atoms with Crippen LogP contribution in [-0.2, 0) is 5.41 Å². The summed E-state index contributed by atoms with van der Waals surface area (Å²) < 4.78 is 5.31. The molecule has 0 unspecified atom stereocenters. The minimum atomic E-state index is -0.292. The van der Waals surface area contributed by atoms with Gasteiger partial charge in [-0.3, -0.25) is 0 Å². The van der Waals surface area contributed by atoms with E-state index in [4.69, 9.17) is 10.3 Å². The zero-order chi connectivity index (χ0) is 14.0. The lowest BCUT2D eigenvalue weighted by atomic mass is 9.84. The van der Waals surface area contributed by atoms with Crippen molar-refractivity contribution in [1.82, 2.24) is 10.1 Å². The lowest BCUT2D eigenvalue weighted by molar-refractivity contribution is 0.319. The summed E-state index contributed by atoms with van der Waals surface area (Å²) >= 11 is 0. The molecule has 102 valence electrons. The second-order valence-electron chi connectivity index (χ2n) is 5.72. The molecule has 0 bridgehead atoms. The van der Waals surface area contributed by atoms with E-state index in [1.807, 2.05) is 32.0 Å². The molecule has 0 amide bonds. The van der Waals surface area contributed by atoms with Gasteiger partial charge in [-0.2, -0.15) is 4.98 Å². The molecular weight excluding hydrogens is 238 g/mol. The Morgan fingerprint density at radius 2 is 1.79 bits per heavy atom. The van der Waals surface area contributed by atoms with Crippen LogP contribution in [0.5, 0.6) is 0 Å². The number of nitrogens with zero attached hydrogens (tertiary/aromatic N) is 2. The molecule has 4 heteroatoms. The average Bonchev–Trinajstić information content (AvgIpc) is 2.89. The molecule has 0 saturated heterocycles. The third-order valence-corrected chi connectivity index (χ3v) is 3.50. The molecule has 0 saturated carbocycles. The maximum absolute atomic E-state index is 6.04. The summed E-state index contributed by atoms with van der Waals surface area (Å²) in [7, 11) is 0. The van der Waals surface area contributed by atoms with Gasteiger partial charge in [-0.05, 0) is 25.3 Å². The highest BCUT2D eigenvalue weighted by Gasteiger charge is 2.30. The van der Waals surface area contributed by atoms with E-state index in [1.54, 1.807) is 0 Å². The Labute approximate surface area is 114 Å². The molecule has 0 spiro atoms. The molecule has 4 nitrogen and oxygen atoms in total. The van der Waals surface area contributed by atoms with Crippen molar-refractivity contribution in [2.45, 2.75) is 39.2 Å². The van der Waals surface area contributed by atoms with Crippen molar-refractivity contribution < 1.29 is 4.52 Å². The molecule has 0 fully saturated rings. The van der Waals surface area contributed by atoms with Crippen LogP contribution in [0.3, 0.4) is 0 Å². The molecule has 1 aromatic heterocycles. The fraction of sp³-hybridized carbons (Fsp3) is 0.467. The van der Waals surface area contributed by atoms with Gasteiger partial charge in [-0.15, -0.1) is 0 Å². The molecule has 1 heterocycles. The van der Waals surface area contributed by atoms with E-state index >= 15 is 0 Å². The van der Waals surface area contributed by atoms with Crippen LogP contribution in [0.25, 0.3) is 0 Å². The highest BCUT2D eigenvalue weighted by molar-refractivity contribution is 5.30. The van der Waals surface area contributed by atoms with Crippen LogP contribution in [0, 0.1) is 5.92 Å². The Morgan fingerprint density at radius 1 is 1.16 bits per heavy atom. The Kier molecular flexibility index (Phi) is 3.71. The lowest BCUT2D eigenvalue weighted by Gasteiger charge is -2.20. The zero-order valence-corrected chi connectivity index (χ0v) is 11.9. The van der Waals surface area contributed by atoms with Gasteiger partial charge in [0.25, 0.3) is 0 Å². The molecule has 19 heavy (non-hydrogen) atoms. The predicted octanol–water partition coefficient (Wildman–Crippen LogP) is 3.05. The van der Waals surface area contributed by atoms with E-state index in [-0.39, 0.29) is 17.4 Å². The molecule has 1 atom stereocenters. The largest absolute Gasteiger partial charge is 0.338 e. The number of hydrogen-bond acceptors (Lipinski definition) is 4. The molecule has 0 aliphatic carbocycles. The standard InChI is InChI=1S/C15H21N3O/c1-10(2)12(16)13-17-14(18-19-13)15(3,4)11-8-6-5-7-9-11/h5-10,12H,16H2,1-4H3/t12-/m0/s1. The van der Waals surface area contributed by atoms with Gasteiger partial charge in [-0.1, -0.05) is 49.3 Å². The first-order valence-corrected chi connectivity index (χ1v) is 6.58. The highest BCUT2D eigenvalue weighted by Crippen LogP contribution is 2.30. The molecule has 2 rings (SSSR count). The fourth-order valence-electron chi connectivity index (χ4n) is 1.89. The molecule has 2 N–H and O–H groups in total. The second-order valence-corrected chi connectivity index (χ2v) is 5.72. The Bertz CT molecular complexity index is 531. The summed E-state index contributed by atoms with van der Waals surface area (Å²) in [4.78, 5) is 4.48. The number of benzene rings is 1. The topological polar surface area (TPSA) is 64.9 Å². The highest BCUT2D eigenvalue weighted by atomic mass is 16.5. The summed E-state index contributed by atoms with van der Waals surface area (Å²) in [5.74, 6) is 1.45. The Hall–Kier alpha value is -1.68. The van der Waals surface area contributed by atoms with Gasteiger partial charge < -0.3 is 10.3 Å². The summed E-state index contributed by atoms with van der Waals surface area (Å²) in [6.45, 7) is 8.24. The van der Waals surface area contributed by atoms with Crippen molar-refractivity contribution in [1.29, 1.82) is 0 Å². The van der Waals surface area contributed by atoms with Crippen molar-refractivity contribution >= 4 is 0 Å². The first-order chi connectivity index (χ1) is 8.93. The zero-order valence-electron chi connectivity index (χ0n) is 11.9. The van der Waals surface area contributed by atoms with Gasteiger partial charge in [0, 0.05) is 0 Å². The molecule has 1 aromatic carbocycles. The third kappa shape index (κ3) is 2.68. The predicted molar refractivity (Wildman–Crippen MR) is 74.6 cm³/mol. The Morgan fingerprint density at radius 3 is 2.37 bits per heavy atom. The van der Waals surface area contributed by atoms with E-state index in [0.717, 1.165) is 5.56 Å². The van der Waals surface area contributed by atoms with E-state index in [2.05, 4.69) is 36.1 Å². The van der Waals surface area contributed by atoms with Crippen LogP contribution >= 0.6 is 0 Å². The van der Waals surface area contributed by atoms with Gasteiger partial charge in [-0.25, -0.2) is 0 Å². The third-order valence-electron chi connectivity index (χ3n) is 3.50. The maximum atomic E-state index is 6.04. The first kappa shape index (κ1) is 13.7. The average molecular weight is 259 g/mol. The SMILES string of the molecule is CC(C)[C@H](N)c1nc(C(C)(C)c2ccccc2)no1. The van der Waals surface area contributed by atoms with E-state index in [0.29, 0.717) is 11.7 Å². The van der Waals surface area contributed by atoms with Gasteiger partial charge in [0.05, 0.1) is 11.5 Å². The normalized spacial score (nSPS) is 13.8. The van der Waals surface area contributed by atoms with E-state index in [1.165, 1.54) is 0 Å². The van der Waals surface area contributed by atoms with Crippen LogP contribution < -0.4 is 5.73 Å². The molecular formula is C15H21N3O. The number of rotatable bonds is 4. The number of aromatic nitrogens is 2. The minimum absolute atomic E-state index is 0.215. The summed E-state index contributed by atoms with van der Waals surface area (Å²) in [5, 5.41) is 4.10. The maximum Gasteiger partial charge on any atom is 0.243 e. The van der Waals surface area contributed by atoms with Crippen molar-refractivity contribution in [3.8, 4) is 0 Å².